The second-order valence-electron chi connectivity index (χ2n) is 7.27. The molecule has 0 spiro atoms. The van der Waals surface area contributed by atoms with E-state index in [0.29, 0.717) is 22.2 Å². The van der Waals surface area contributed by atoms with Gasteiger partial charge in [-0.05, 0) is 61.0 Å². The van der Waals surface area contributed by atoms with Crippen LogP contribution in [0.1, 0.15) is 11.1 Å². The largest absolute Gasteiger partial charge is 0.454 e. The second kappa shape index (κ2) is 9.10. The van der Waals surface area contributed by atoms with Crippen LogP contribution in [0.4, 0.5) is 5.69 Å². The molecule has 1 aliphatic rings. The van der Waals surface area contributed by atoms with E-state index in [-0.39, 0.29) is 24.8 Å². The molecule has 9 heteroatoms. The lowest BCUT2D eigenvalue weighted by molar-refractivity contribution is -0.119. The molecule has 1 heterocycles. The highest BCUT2D eigenvalue weighted by molar-refractivity contribution is 7.92. The lowest BCUT2D eigenvalue weighted by Gasteiger charge is -2.24. The summed E-state index contributed by atoms with van der Waals surface area (Å²) in [5.74, 6) is 0.823. The number of aryl methyl sites for hydroxylation is 1. The molecular formula is C23H21ClN2O5S. The average Bonchev–Trinajstić information content (AvgIpc) is 3.25. The second-order valence-corrected chi connectivity index (χ2v) is 9.56. The van der Waals surface area contributed by atoms with Crippen LogP contribution in [0.5, 0.6) is 11.5 Å². The van der Waals surface area contributed by atoms with Gasteiger partial charge in [0, 0.05) is 11.6 Å². The SMILES string of the molecule is Cc1ccc(N(CC(=O)NCc2ccc3c(c2)OCO3)S(=O)(=O)c2ccc(Cl)cc2)cc1. The van der Waals surface area contributed by atoms with E-state index in [4.69, 9.17) is 21.1 Å². The van der Waals surface area contributed by atoms with Crippen molar-refractivity contribution in [1.82, 2.24) is 5.32 Å². The molecule has 1 N–H and O–H groups in total. The van der Waals surface area contributed by atoms with Crippen molar-refractivity contribution in [3.05, 3.63) is 82.9 Å². The van der Waals surface area contributed by atoms with E-state index < -0.39 is 15.9 Å². The summed E-state index contributed by atoms with van der Waals surface area (Å²) in [5, 5.41) is 3.20. The van der Waals surface area contributed by atoms with Crippen molar-refractivity contribution >= 4 is 33.2 Å². The summed E-state index contributed by atoms with van der Waals surface area (Å²) < 4.78 is 38.4. The van der Waals surface area contributed by atoms with Crippen LogP contribution in [0.2, 0.25) is 5.02 Å². The number of anilines is 1. The molecule has 0 aliphatic carbocycles. The number of carbonyl (C=O) groups excluding carboxylic acids is 1. The first-order chi connectivity index (χ1) is 15.3. The van der Waals surface area contributed by atoms with Gasteiger partial charge in [0.15, 0.2) is 11.5 Å². The van der Waals surface area contributed by atoms with Gasteiger partial charge in [-0.1, -0.05) is 35.4 Å². The smallest absolute Gasteiger partial charge is 0.264 e. The number of fused-ring (bicyclic) bond motifs is 1. The quantitative estimate of drug-likeness (QED) is 0.564. The van der Waals surface area contributed by atoms with Crippen LogP contribution in [0.25, 0.3) is 0 Å². The normalized spacial score (nSPS) is 12.4. The van der Waals surface area contributed by atoms with Crippen LogP contribution in [0.3, 0.4) is 0 Å². The molecule has 3 aromatic rings. The summed E-state index contributed by atoms with van der Waals surface area (Å²) in [5.41, 5.74) is 2.18. The summed E-state index contributed by atoms with van der Waals surface area (Å²) >= 11 is 5.91. The number of carbonyl (C=O) groups is 1. The molecule has 4 rings (SSSR count). The Kier molecular flexibility index (Phi) is 6.25. The highest BCUT2D eigenvalue weighted by Gasteiger charge is 2.27. The molecule has 0 atom stereocenters. The molecule has 0 radical (unpaired) electrons. The van der Waals surface area contributed by atoms with Crippen molar-refractivity contribution in [2.75, 3.05) is 17.6 Å². The van der Waals surface area contributed by atoms with E-state index in [1.165, 1.54) is 24.3 Å². The number of hydrogen-bond donors (Lipinski definition) is 1. The minimum absolute atomic E-state index is 0.0473. The topological polar surface area (TPSA) is 84.9 Å². The molecule has 3 aromatic carbocycles. The Hall–Kier alpha value is -3.23. The van der Waals surface area contributed by atoms with Gasteiger partial charge in [0.25, 0.3) is 10.0 Å². The first kappa shape index (κ1) is 22.0. The standard InChI is InChI=1S/C23H21ClN2O5S/c1-16-2-7-19(8-3-16)26(32(28,29)20-9-5-18(24)6-10-20)14-23(27)25-13-17-4-11-21-22(12-17)31-15-30-21/h2-12H,13-15H2,1H3,(H,25,27). The molecule has 0 saturated carbocycles. The summed E-state index contributed by atoms with van der Waals surface area (Å²) in [6.07, 6.45) is 0. The van der Waals surface area contributed by atoms with Crippen LogP contribution < -0.4 is 19.1 Å². The third-order valence-electron chi connectivity index (χ3n) is 4.94. The zero-order chi connectivity index (χ0) is 22.7. The number of hydrogen-bond acceptors (Lipinski definition) is 5. The predicted octanol–water partition coefficient (Wildman–Crippen LogP) is 3.89. The third kappa shape index (κ3) is 4.81. The highest BCUT2D eigenvalue weighted by Crippen LogP contribution is 2.32. The van der Waals surface area contributed by atoms with Crippen LogP contribution in [0.15, 0.2) is 71.6 Å². The maximum Gasteiger partial charge on any atom is 0.264 e. The zero-order valence-electron chi connectivity index (χ0n) is 17.2. The maximum absolute atomic E-state index is 13.3. The van der Waals surface area contributed by atoms with Crippen molar-refractivity contribution < 1.29 is 22.7 Å². The number of rotatable bonds is 7. The van der Waals surface area contributed by atoms with E-state index in [9.17, 15) is 13.2 Å². The van der Waals surface area contributed by atoms with Crippen molar-refractivity contribution in [3.8, 4) is 11.5 Å². The summed E-state index contributed by atoms with van der Waals surface area (Å²) in [6, 6.07) is 18.2. The van der Waals surface area contributed by atoms with Gasteiger partial charge in [-0.2, -0.15) is 0 Å². The van der Waals surface area contributed by atoms with Gasteiger partial charge in [-0.3, -0.25) is 9.10 Å². The number of ether oxygens (including phenoxy) is 2. The van der Waals surface area contributed by atoms with Gasteiger partial charge in [0.2, 0.25) is 12.7 Å². The monoisotopic (exact) mass is 472 g/mol. The van der Waals surface area contributed by atoms with Crippen molar-refractivity contribution in [1.29, 1.82) is 0 Å². The van der Waals surface area contributed by atoms with Crippen LogP contribution in [0, 0.1) is 6.92 Å². The Bertz CT molecular complexity index is 1230. The molecule has 0 saturated heterocycles. The Morgan fingerprint density at radius 3 is 2.41 bits per heavy atom. The minimum atomic E-state index is -3.99. The molecular weight excluding hydrogens is 452 g/mol. The van der Waals surface area contributed by atoms with Crippen LogP contribution >= 0.6 is 11.6 Å². The van der Waals surface area contributed by atoms with E-state index in [1.54, 1.807) is 36.4 Å². The van der Waals surface area contributed by atoms with Gasteiger partial charge in [-0.25, -0.2) is 8.42 Å². The molecule has 166 valence electrons. The lowest BCUT2D eigenvalue weighted by Crippen LogP contribution is -2.40. The fraction of sp³-hybridized carbons (Fsp3) is 0.174. The molecule has 1 aliphatic heterocycles. The summed E-state index contributed by atoms with van der Waals surface area (Å²) in [4.78, 5) is 12.8. The molecule has 0 aromatic heterocycles. The lowest BCUT2D eigenvalue weighted by atomic mass is 10.2. The van der Waals surface area contributed by atoms with Gasteiger partial charge >= 0.3 is 0 Å². The van der Waals surface area contributed by atoms with Gasteiger partial charge in [0.05, 0.1) is 10.6 Å². The molecule has 1 amide bonds. The highest BCUT2D eigenvalue weighted by atomic mass is 35.5. The molecule has 0 fully saturated rings. The Balaban J connectivity index is 1.54. The number of nitrogens with zero attached hydrogens (tertiary/aromatic N) is 1. The number of halogens is 1. The fourth-order valence-electron chi connectivity index (χ4n) is 3.20. The van der Waals surface area contributed by atoms with Gasteiger partial charge in [0.1, 0.15) is 6.54 Å². The molecule has 32 heavy (non-hydrogen) atoms. The first-order valence-electron chi connectivity index (χ1n) is 9.83. The van der Waals surface area contributed by atoms with Crippen molar-refractivity contribution in [2.45, 2.75) is 18.4 Å². The molecule has 0 bridgehead atoms. The van der Waals surface area contributed by atoms with Crippen molar-refractivity contribution in [2.24, 2.45) is 0 Å². The van der Waals surface area contributed by atoms with Crippen molar-refractivity contribution in [3.63, 3.8) is 0 Å². The van der Waals surface area contributed by atoms with E-state index in [1.807, 2.05) is 13.0 Å². The molecule has 0 unspecified atom stereocenters. The Morgan fingerprint density at radius 2 is 1.69 bits per heavy atom. The van der Waals surface area contributed by atoms with E-state index in [0.717, 1.165) is 15.4 Å². The average molecular weight is 473 g/mol. The maximum atomic E-state index is 13.3. The number of benzene rings is 3. The summed E-state index contributed by atoms with van der Waals surface area (Å²) in [7, 11) is -3.99. The fourth-order valence-corrected chi connectivity index (χ4v) is 4.74. The van der Waals surface area contributed by atoms with Crippen LogP contribution in [-0.2, 0) is 21.4 Å². The van der Waals surface area contributed by atoms with Gasteiger partial charge < -0.3 is 14.8 Å². The Morgan fingerprint density at radius 1 is 1.00 bits per heavy atom. The number of nitrogens with one attached hydrogen (secondary N) is 1. The number of sulfonamides is 1. The van der Waals surface area contributed by atoms with E-state index >= 15 is 0 Å². The number of amides is 1. The molecule has 7 nitrogen and oxygen atoms in total. The first-order valence-corrected chi connectivity index (χ1v) is 11.6. The van der Waals surface area contributed by atoms with Gasteiger partial charge in [-0.15, -0.1) is 0 Å². The Labute approximate surface area is 191 Å². The predicted molar refractivity (Wildman–Crippen MR) is 122 cm³/mol. The van der Waals surface area contributed by atoms with E-state index in [2.05, 4.69) is 5.32 Å². The third-order valence-corrected chi connectivity index (χ3v) is 6.98. The van der Waals surface area contributed by atoms with Crippen LogP contribution in [-0.4, -0.2) is 27.7 Å². The zero-order valence-corrected chi connectivity index (χ0v) is 18.8. The summed E-state index contributed by atoms with van der Waals surface area (Å²) in [6.45, 7) is 1.91. The minimum Gasteiger partial charge on any atom is -0.454 e.